The lowest BCUT2D eigenvalue weighted by Gasteiger charge is -2.30. The number of rotatable bonds is 9. The molecule has 3 nitrogen and oxygen atoms in total. The molecule has 3 heteroatoms. The highest BCUT2D eigenvalue weighted by molar-refractivity contribution is 5.58. The first kappa shape index (κ1) is 15.8. The molecule has 0 heterocycles. The lowest BCUT2D eigenvalue weighted by molar-refractivity contribution is 0.412. The van der Waals surface area contributed by atoms with Crippen molar-refractivity contribution < 1.29 is 4.74 Å². The van der Waals surface area contributed by atoms with Crippen LogP contribution in [0.5, 0.6) is 5.75 Å². The zero-order valence-electron chi connectivity index (χ0n) is 12.6. The fourth-order valence-corrected chi connectivity index (χ4v) is 2.39. The Morgan fingerprint density at radius 2 is 1.95 bits per heavy atom. The van der Waals surface area contributed by atoms with Gasteiger partial charge in [-0.2, -0.15) is 0 Å². The number of likely N-dealkylation sites (N-methyl/N-ethyl adjacent to an activating group) is 1. The van der Waals surface area contributed by atoms with Gasteiger partial charge in [0.2, 0.25) is 0 Å². The first-order valence-corrected chi connectivity index (χ1v) is 7.30. The Bertz CT molecular complexity index is 354. The van der Waals surface area contributed by atoms with Gasteiger partial charge in [0.1, 0.15) is 5.75 Å². The van der Waals surface area contributed by atoms with Crippen LogP contribution in [-0.2, 0) is 0 Å². The molecule has 108 valence electrons. The Hall–Kier alpha value is -1.22. The standard InChI is InChI=1S/C16H28N2O/c1-4-5-6-7-10-14(13-17)18(2)15-11-8-9-12-16(15)19-3/h8-9,11-12,14H,4-7,10,13,17H2,1-3H3. The van der Waals surface area contributed by atoms with Gasteiger partial charge in [-0.3, -0.25) is 0 Å². The molecule has 1 aromatic carbocycles. The van der Waals surface area contributed by atoms with Crippen LogP contribution in [0.1, 0.15) is 39.0 Å². The van der Waals surface area contributed by atoms with Gasteiger partial charge in [0.25, 0.3) is 0 Å². The van der Waals surface area contributed by atoms with E-state index in [0.29, 0.717) is 12.6 Å². The third kappa shape index (κ3) is 4.75. The Morgan fingerprint density at radius 3 is 2.58 bits per heavy atom. The van der Waals surface area contributed by atoms with Crippen molar-refractivity contribution in [3.05, 3.63) is 24.3 Å². The number of hydrogen-bond donors (Lipinski definition) is 1. The molecule has 1 rings (SSSR count). The van der Waals surface area contributed by atoms with Gasteiger partial charge < -0.3 is 15.4 Å². The van der Waals surface area contributed by atoms with Crippen LogP contribution in [0.25, 0.3) is 0 Å². The number of hydrogen-bond acceptors (Lipinski definition) is 3. The zero-order chi connectivity index (χ0) is 14.1. The van der Waals surface area contributed by atoms with E-state index in [4.69, 9.17) is 10.5 Å². The zero-order valence-corrected chi connectivity index (χ0v) is 12.6. The predicted molar refractivity (Wildman–Crippen MR) is 83.0 cm³/mol. The maximum atomic E-state index is 5.93. The monoisotopic (exact) mass is 264 g/mol. The predicted octanol–water partition coefficient (Wildman–Crippen LogP) is 3.43. The largest absolute Gasteiger partial charge is 0.495 e. The summed E-state index contributed by atoms with van der Waals surface area (Å²) in [7, 11) is 3.82. The Morgan fingerprint density at radius 1 is 1.21 bits per heavy atom. The van der Waals surface area contributed by atoms with E-state index < -0.39 is 0 Å². The Kier molecular flexibility index (Phi) is 7.34. The van der Waals surface area contributed by atoms with Crippen molar-refractivity contribution in [2.45, 2.75) is 45.1 Å². The van der Waals surface area contributed by atoms with E-state index in [-0.39, 0.29) is 0 Å². The van der Waals surface area contributed by atoms with Gasteiger partial charge in [0.05, 0.1) is 12.8 Å². The molecule has 0 aliphatic rings. The molecular weight excluding hydrogens is 236 g/mol. The molecule has 0 saturated heterocycles. The quantitative estimate of drug-likeness (QED) is 0.694. The minimum absolute atomic E-state index is 0.383. The molecule has 0 aliphatic heterocycles. The normalized spacial score (nSPS) is 12.2. The molecule has 0 aliphatic carbocycles. The molecule has 19 heavy (non-hydrogen) atoms. The van der Waals surface area contributed by atoms with Crippen LogP contribution in [0.2, 0.25) is 0 Å². The molecule has 0 fully saturated rings. The highest BCUT2D eigenvalue weighted by atomic mass is 16.5. The van der Waals surface area contributed by atoms with Crippen molar-refractivity contribution in [2.75, 3.05) is 25.6 Å². The molecule has 1 atom stereocenters. The lowest BCUT2D eigenvalue weighted by atomic mass is 10.1. The van der Waals surface area contributed by atoms with Crippen LogP contribution in [0.3, 0.4) is 0 Å². The van der Waals surface area contributed by atoms with E-state index in [9.17, 15) is 0 Å². The van der Waals surface area contributed by atoms with Crippen molar-refractivity contribution in [3.8, 4) is 5.75 Å². The second-order valence-corrected chi connectivity index (χ2v) is 5.02. The number of para-hydroxylation sites is 2. The molecule has 0 saturated carbocycles. The average molecular weight is 264 g/mol. The number of benzene rings is 1. The van der Waals surface area contributed by atoms with Gasteiger partial charge in [-0.25, -0.2) is 0 Å². The molecule has 1 aromatic rings. The van der Waals surface area contributed by atoms with Crippen molar-refractivity contribution >= 4 is 5.69 Å². The highest BCUT2D eigenvalue weighted by Crippen LogP contribution is 2.28. The van der Waals surface area contributed by atoms with Crippen LogP contribution in [0.15, 0.2) is 24.3 Å². The van der Waals surface area contributed by atoms with E-state index >= 15 is 0 Å². The van der Waals surface area contributed by atoms with E-state index in [2.05, 4.69) is 24.9 Å². The topological polar surface area (TPSA) is 38.5 Å². The van der Waals surface area contributed by atoms with E-state index in [1.54, 1.807) is 7.11 Å². The SMILES string of the molecule is CCCCCCC(CN)N(C)c1ccccc1OC. The molecule has 2 N–H and O–H groups in total. The van der Waals surface area contributed by atoms with Crippen LogP contribution in [-0.4, -0.2) is 26.7 Å². The fourth-order valence-electron chi connectivity index (χ4n) is 2.39. The molecule has 0 aromatic heterocycles. The summed E-state index contributed by atoms with van der Waals surface area (Å²) in [4.78, 5) is 2.25. The molecule has 0 bridgehead atoms. The summed E-state index contributed by atoms with van der Waals surface area (Å²) in [6.45, 7) is 2.92. The summed E-state index contributed by atoms with van der Waals surface area (Å²) in [6, 6.07) is 8.51. The van der Waals surface area contributed by atoms with E-state index in [0.717, 1.165) is 17.9 Å². The summed E-state index contributed by atoms with van der Waals surface area (Å²) in [5, 5.41) is 0. The molecule has 0 spiro atoms. The first-order valence-electron chi connectivity index (χ1n) is 7.30. The van der Waals surface area contributed by atoms with Crippen molar-refractivity contribution in [1.82, 2.24) is 0 Å². The number of unbranched alkanes of at least 4 members (excludes halogenated alkanes) is 3. The maximum Gasteiger partial charge on any atom is 0.142 e. The van der Waals surface area contributed by atoms with Crippen LogP contribution in [0, 0.1) is 0 Å². The number of methoxy groups -OCH3 is 1. The maximum absolute atomic E-state index is 5.93. The number of nitrogens with two attached hydrogens (primary N) is 1. The summed E-state index contributed by atoms with van der Waals surface area (Å²) in [5.74, 6) is 0.914. The molecule has 0 radical (unpaired) electrons. The van der Waals surface area contributed by atoms with E-state index in [1.807, 2.05) is 18.2 Å². The van der Waals surface area contributed by atoms with Gasteiger partial charge in [-0.05, 0) is 18.6 Å². The summed E-state index contributed by atoms with van der Waals surface area (Å²) in [6.07, 6.45) is 6.28. The second kappa shape index (κ2) is 8.81. The first-order chi connectivity index (χ1) is 9.24. The van der Waals surface area contributed by atoms with Gasteiger partial charge in [-0.1, -0.05) is 44.7 Å². The number of anilines is 1. The Labute approximate surface area is 117 Å². The molecule has 0 amide bonds. The second-order valence-electron chi connectivity index (χ2n) is 5.02. The minimum Gasteiger partial charge on any atom is -0.495 e. The number of nitrogens with zero attached hydrogens (tertiary/aromatic N) is 1. The average Bonchev–Trinajstić information content (AvgIpc) is 2.46. The van der Waals surface area contributed by atoms with Gasteiger partial charge in [-0.15, -0.1) is 0 Å². The van der Waals surface area contributed by atoms with E-state index in [1.165, 1.54) is 25.7 Å². The van der Waals surface area contributed by atoms with Crippen molar-refractivity contribution in [2.24, 2.45) is 5.73 Å². The lowest BCUT2D eigenvalue weighted by Crippen LogP contribution is -2.38. The smallest absolute Gasteiger partial charge is 0.142 e. The van der Waals surface area contributed by atoms with Gasteiger partial charge in [0, 0.05) is 19.6 Å². The van der Waals surface area contributed by atoms with Gasteiger partial charge >= 0.3 is 0 Å². The number of ether oxygens (including phenoxy) is 1. The van der Waals surface area contributed by atoms with Crippen LogP contribution in [0.4, 0.5) is 5.69 Å². The highest BCUT2D eigenvalue weighted by Gasteiger charge is 2.16. The minimum atomic E-state index is 0.383. The third-order valence-corrected chi connectivity index (χ3v) is 3.68. The van der Waals surface area contributed by atoms with Crippen LogP contribution >= 0.6 is 0 Å². The molecular formula is C16H28N2O. The van der Waals surface area contributed by atoms with Gasteiger partial charge in [0.15, 0.2) is 0 Å². The van der Waals surface area contributed by atoms with Crippen LogP contribution < -0.4 is 15.4 Å². The third-order valence-electron chi connectivity index (χ3n) is 3.68. The van der Waals surface area contributed by atoms with Crippen molar-refractivity contribution in [3.63, 3.8) is 0 Å². The fraction of sp³-hybridized carbons (Fsp3) is 0.625. The molecule has 1 unspecified atom stereocenters. The van der Waals surface area contributed by atoms with Crippen molar-refractivity contribution in [1.29, 1.82) is 0 Å². The Balaban J connectivity index is 2.64. The summed E-state index contributed by atoms with van der Waals surface area (Å²) >= 11 is 0. The summed E-state index contributed by atoms with van der Waals surface area (Å²) in [5.41, 5.74) is 7.06. The summed E-state index contributed by atoms with van der Waals surface area (Å²) < 4.78 is 5.42.